The number of nitrogens with one attached hydrogen (secondary N) is 1. The summed E-state index contributed by atoms with van der Waals surface area (Å²) in [5, 5.41) is 3.66. The molecule has 0 aromatic carbocycles. The molecule has 3 heterocycles. The summed E-state index contributed by atoms with van der Waals surface area (Å²) in [6.07, 6.45) is 2.77. The summed E-state index contributed by atoms with van der Waals surface area (Å²) in [4.78, 5) is 6.71. The Morgan fingerprint density at radius 3 is 3.26 bits per heavy atom. The van der Waals surface area contributed by atoms with Gasteiger partial charge in [0.1, 0.15) is 11.0 Å². The van der Waals surface area contributed by atoms with Crippen LogP contribution in [0.25, 0.3) is 0 Å². The Hall–Kier alpha value is -1.04. The highest BCUT2D eigenvalue weighted by atomic mass is 35.5. The lowest BCUT2D eigenvalue weighted by atomic mass is 10.2. The molecule has 0 bridgehead atoms. The smallest absolute Gasteiger partial charge is 0.133 e. The fourth-order valence-electron chi connectivity index (χ4n) is 2.83. The molecule has 0 aliphatic carbocycles. The normalized spacial score (nSPS) is 27.2. The lowest BCUT2D eigenvalue weighted by Crippen LogP contribution is -2.48. The van der Waals surface area contributed by atoms with E-state index in [9.17, 15) is 0 Å². The molecule has 19 heavy (non-hydrogen) atoms. The van der Waals surface area contributed by atoms with Gasteiger partial charge in [-0.05, 0) is 25.5 Å². The molecule has 1 aromatic rings. The maximum atomic E-state index is 5.88. The van der Waals surface area contributed by atoms with Crippen molar-refractivity contribution in [2.45, 2.75) is 25.0 Å². The SMILES string of the molecule is Nc1cc(Cl)nc(NCC2CN3CCCC3CO2)c1. The lowest BCUT2D eigenvalue weighted by molar-refractivity contribution is -0.0416. The third-order valence-corrected chi connectivity index (χ3v) is 3.98. The molecule has 2 aliphatic heterocycles. The van der Waals surface area contributed by atoms with E-state index in [2.05, 4.69) is 15.2 Å². The minimum atomic E-state index is 0.205. The summed E-state index contributed by atoms with van der Waals surface area (Å²) >= 11 is 5.87. The van der Waals surface area contributed by atoms with E-state index in [1.807, 2.05) is 0 Å². The number of anilines is 2. The number of morpholine rings is 1. The summed E-state index contributed by atoms with van der Waals surface area (Å²) < 4.78 is 5.88. The zero-order chi connectivity index (χ0) is 13.2. The van der Waals surface area contributed by atoms with Crippen LogP contribution in [-0.4, -0.2) is 48.3 Å². The molecule has 2 unspecified atom stereocenters. The molecule has 3 rings (SSSR count). The third-order valence-electron chi connectivity index (χ3n) is 3.79. The van der Waals surface area contributed by atoms with Gasteiger partial charge in [-0.3, -0.25) is 4.90 Å². The average molecular weight is 283 g/mol. The van der Waals surface area contributed by atoms with Crippen LogP contribution in [0.5, 0.6) is 0 Å². The Morgan fingerprint density at radius 2 is 2.42 bits per heavy atom. The van der Waals surface area contributed by atoms with Gasteiger partial charge < -0.3 is 15.8 Å². The van der Waals surface area contributed by atoms with Crippen molar-refractivity contribution in [3.05, 3.63) is 17.3 Å². The van der Waals surface area contributed by atoms with Gasteiger partial charge in [-0.2, -0.15) is 0 Å². The van der Waals surface area contributed by atoms with Gasteiger partial charge in [0.05, 0.1) is 12.7 Å². The third kappa shape index (κ3) is 3.11. The van der Waals surface area contributed by atoms with E-state index < -0.39 is 0 Å². The molecule has 1 aromatic heterocycles. The Morgan fingerprint density at radius 1 is 1.53 bits per heavy atom. The van der Waals surface area contributed by atoms with Crippen LogP contribution in [0.15, 0.2) is 12.1 Å². The van der Waals surface area contributed by atoms with Crippen LogP contribution < -0.4 is 11.1 Å². The number of nitrogens with zero attached hydrogens (tertiary/aromatic N) is 2. The molecule has 6 heteroatoms. The van der Waals surface area contributed by atoms with Crippen molar-refractivity contribution in [1.29, 1.82) is 0 Å². The molecular weight excluding hydrogens is 264 g/mol. The molecule has 2 atom stereocenters. The van der Waals surface area contributed by atoms with E-state index >= 15 is 0 Å². The number of pyridine rings is 1. The highest BCUT2D eigenvalue weighted by Gasteiger charge is 2.31. The van der Waals surface area contributed by atoms with Crippen LogP contribution >= 0.6 is 11.6 Å². The van der Waals surface area contributed by atoms with Crippen molar-refractivity contribution >= 4 is 23.1 Å². The fourth-order valence-corrected chi connectivity index (χ4v) is 3.05. The summed E-state index contributed by atoms with van der Waals surface area (Å²) in [5.41, 5.74) is 6.35. The van der Waals surface area contributed by atoms with Crippen LogP contribution in [0.2, 0.25) is 5.15 Å². The standard InChI is InChI=1S/C13H19ClN4O/c14-12-4-9(15)5-13(17-12)16-6-11-7-18-3-1-2-10(18)8-19-11/h4-5,10-11H,1-3,6-8H2,(H3,15,16,17). The van der Waals surface area contributed by atoms with Gasteiger partial charge in [0, 0.05) is 30.9 Å². The summed E-state index contributed by atoms with van der Waals surface area (Å²) in [5.74, 6) is 0.706. The molecule has 0 radical (unpaired) electrons. The second-order valence-electron chi connectivity index (χ2n) is 5.24. The number of rotatable bonds is 3. The van der Waals surface area contributed by atoms with Crippen molar-refractivity contribution in [2.24, 2.45) is 0 Å². The second kappa shape index (κ2) is 5.53. The predicted molar refractivity (Wildman–Crippen MR) is 76.5 cm³/mol. The minimum absolute atomic E-state index is 0.205. The topological polar surface area (TPSA) is 63.4 Å². The van der Waals surface area contributed by atoms with Crippen LogP contribution in [0.4, 0.5) is 11.5 Å². The van der Waals surface area contributed by atoms with Gasteiger partial charge in [-0.15, -0.1) is 0 Å². The zero-order valence-electron chi connectivity index (χ0n) is 10.8. The summed E-state index contributed by atoms with van der Waals surface area (Å²) in [7, 11) is 0. The van der Waals surface area contributed by atoms with Gasteiger partial charge in [-0.25, -0.2) is 4.98 Å². The maximum Gasteiger partial charge on any atom is 0.133 e. The van der Waals surface area contributed by atoms with Crippen molar-refractivity contribution in [2.75, 3.05) is 37.3 Å². The number of halogens is 1. The van der Waals surface area contributed by atoms with E-state index in [0.29, 0.717) is 22.7 Å². The second-order valence-corrected chi connectivity index (χ2v) is 5.62. The number of hydrogen-bond donors (Lipinski definition) is 2. The van der Waals surface area contributed by atoms with E-state index in [1.54, 1.807) is 12.1 Å². The quantitative estimate of drug-likeness (QED) is 0.825. The Bertz CT molecular complexity index is 436. The van der Waals surface area contributed by atoms with Crippen molar-refractivity contribution in [3.63, 3.8) is 0 Å². The van der Waals surface area contributed by atoms with Crippen LogP contribution in [0.1, 0.15) is 12.8 Å². The monoisotopic (exact) mass is 282 g/mol. The minimum Gasteiger partial charge on any atom is -0.399 e. The summed E-state index contributed by atoms with van der Waals surface area (Å²) in [6.45, 7) is 3.77. The van der Waals surface area contributed by atoms with E-state index in [4.69, 9.17) is 22.1 Å². The van der Waals surface area contributed by atoms with Gasteiger partial charge in [0.15, 0.2) is 0 Å². The van der Waals surface area contributed by atoms with Crippen LogP contribution in [-0.2, 0) is 4.74 Å². The average Bonchev–Trinajstić information content (AvgIpc) is 2.82. The number of nitrogens with two attached hydrogens (primary N) is 1. The number of aromatic nitrogens is 1. The van der Waals surface area contributed by atoms with Crippen molar-refractivity contribution in [3.8, 4) is 0 Å². The fraction of sp³-hybridized carbons (Fsp3) is 0.615. The molecule has 2 saturated heterocycles. The number of hydrogen-bond acceptors (Lipinski definition) is 5. The molecule has 2 fully saturated rings. The predicted octanol–water partition coefficient (Wildman–Crippen LogP) is 1.59. The number of ether oxygens (including phenoxy) is 1. The Balaban J connectivity index is 1.54. The highest BCUT2D eigenvalue weighted by Crippen LogP contribution is 2.23. The highest BCUT2D eigenvalue weighted by molar-refractivity contribution is 6.29. The first kappa shape index (κ1) is 13.0. The van der Waals surface area contributed by atoms with E-state index in [0.717, 1.165) is 19.7 Å². The van der Waals surface area contributed by atoms with E-state index in [-0.39, 0.29) is 6.10 Å². The first-order valence-electron chi connectivity index (χ1n) is 6.73. The number of nitrogen functional groups attached to an aromatic ring is 1. The first-order valence-corrected chi connectivity index (χ1v) is 7.11. The zero-order valence-corrected chi connectivity index (χ0v) is 11.6. The largest absolute Gasteiger partial charge is 0.399 e. The molecule has 0 saturated carbocycles. The molecular formula is C13H19ClN4O. The Kier molecular flexibility index (Phi) is 3.77. The van der Waals surface area contributed by atoms with E-state index in [1.165, 1.54) is 19.4 Å². The molecule has 104 valence electrons. The van der Waals surface area contributed by atoms with Crippen LogP contribution in [0, 0.1) is 0 Å². The molecule has 0 amide bonds. The lowest BCUT2D eigenvalue weighted by Gasteiger charge is -2.35. The van der Waals surface area contributed by atoms with Gasteiger partial charge in [-0.1, -0.05) is 11.6 Å². The van der Waals surface area contributed by atoms with Gasteiger partial charge in [0.25, 0.3) is 0 Å². The van der Waals surface area contributed by atoms with Gasteiger partial charge >= 0.3 is 0 Å². The van der Waals surface area contributed by atoms with Crippen molar-refractivity contribution in [1.82, 2.24) is 9.88 Å². The Labute approximate surface area is 118 Å². The molecule has 2 aliphatic rings. The molecule has 5 nitrogen and oxygen atoms in total. The molecule has 3 N–H and O–H groups in total. The number of fused-ring (bicyclic) bond motifs is 1. The van der Waals surface area contributed by atoms with Gasteiger partial charge in [0.2, 0.25) is 0 Å². The van der Waals surface area contributed by atoms with Crippen molar-refractivity contribution < 1.29 is 4.74 Å². The first-order chi connectivity index (χ1) is 9.20. The molecule has 0 spiro atoms. The maximum absolute atomic E-state index is 5.88. The summed E-state index contributed by atoms with van der Waals surface area (Å²) in [6, 6.07) is 4.06. The van der Waals surface area contributed by atoms with Crippen LogP contribution in [0.3, 0.4) is 0 Å².